The molecule has 2 nitrogen and oxygen atoms in total. The fraction of sp³-hybridized carbons (Fsp3) is 0.250. The fourth-order valence-electron chi connectivity index (χ4n) is 3.56. The summed E-state index contributed by atoms with van der Waals surface area (Å²) in [6.45, 7) is 6.82. The van der Waals surface area contributed by atoms with Crippen molar-refractivity contribution in [3.8, 4) is 0 Å². The van der Waals surface area contributed by atoms with E-state index in [-0.39, 0.29) is 5.78 Å². The van der Waals surface area contributed by atoms with Crippen LogP contribution in [0.5, 0.6) is 0 Å². The van der Waals surface area contributed by atoms with Crippen LogP contribution in [0.3, 0.4) is 0 Å². The molecule has 23 heavy (non-hydrogen) atoms. The largest absolute Gasteiger partial charge is 0.361 e. The molecule has 0 aliphatic heterocycles. The molecule has 3 rings (SSSR count). The average molecular weight is 322 g/mol. The standard InChI is InChI=1S/C20H22O2Si/c1-22-20(16-13-9-6-10-14-16)18(21)17(19(20)23(2,3)4)15-11-7-5-8-12-15/h5-14H,1-4H3. The van der Waals surface area contributed by atoms with Crippen LogP contribution >= 0.6 is 0 Å². The SMILES string of the molecule is COC1(c2ccccc2)C(=O)C(c2ccccc2)=C1[Si](C)(C)C. The predicted octanol–water partition coefficient (Wildman–Crippen LogP) is 4.44. The molecule has 0 aromatic heterocycles. The van der Waals surface area contributed by atoms with Crippen LogP contribution in [0, 0.1) is 0 Å². The highest BCUT2D eigenvalue weighted by atomic mass is 28.3. The smallest absolute Gasteiger partial charge is 0.203 e. The van der Waals surface area contributed by atoms with Gasteiger partial charge in [-0.05, 0) is 16.3 Å². The molecular formula is C20H22O2Si. The molecule has 0 saturated carbocycles. The lowest BCUT2D eigenvalue weighted by atomic mass is 9.72. The Kier molecular flexibility index (Phi) is 3.86. The Morgan fingerprint density at radius 2 is 1.39 bits per heavy atom. The van der Waals surface area contributed by atoms with E-state index in [9.17, 15) is 4.79 Å². The lowest BCUT2D eigenvalue weighted by Crippen LogP contribution is -2.56. The highest BCUT2D eigenvalue weighted by molar-refractivity contribution is 6.87. The number of Topliss-reactive ketones (excluding diaryl/α,β-unsaturated/α-hetero) is 1. The molecule has 0 N–H and O–H groups in total. The summed E-state index contributed by atoms with van der Waals surface area (Å²) < 4.78 is 5.89. The van der Waals surface area contributed by atoms with E-state index in [2.05, 4.69) is 19.6 Å². The highest BCUT2D eigenvalue weighted by Crippen LogP contribution is 2.53. The van der Waals surface area contributed by atoms with Crippen LogP contribution in [-0.2, 0) is 15.1 Å². The van der Waals surface area contributed by atoms with Gasteiger partial charge in [-0.3, -0.25) is 4.79 Å². The Morgan fingerprint density at radius 3 is 1.87 bits per heavy atom. The van der Waals surface area contributed by atoms with Crippen molar-refractivity contribution in [3.05, 3.63) is 77.0 Å². The molecule has 0 fully saturated rings. The van der Waals surface area contributed by atoms with E-state index >= 15 is 0 Å². The molecule has 0 saturated heterocycles. The van der Waals surface area contributed by atoms with Crippen molar-refractivity contribution in [2.75, 3.05) is 7.11 Å². The third kappa shape index (κ3) is 2.31. The number of ether oxygens (including phenoxy) is 1. The van der Waals surface area contributed by atoms with Crippen LogP contribution in [-0.4, -0.2) is 21.0 Å². The van der Waals surface area contributed by atoms with E-state index in [1.54, 1.807) is 7.11 Å². The topological polar surface area (TPSA) is 26.3 Å². The van der Waals surface area contributed by atoms with Gasteiger partial charge in [0, 0.05) is 12.7 Å². The first kappa shape index (κ1) is 15.9. The maximum atomic E-state index is 13.2. The number of methoxy groups -OCH3 is 1. The van der Waals surface area contributed by atoms with Crippen molar-refractivity contribution in [3.63, 3.8) is 0 Å². The van der Waals surface area contributed by atoms with Crippen molar-refractivity contribution >= 4 is 19.4 Å². The fourth-order valence-corrected chi connectivity index (χ4v) is 5.98. The summed E-state index contributed by atoms with van der Waals surface area (Å²) in [5.41, 5.74) is 1.88. The molecule has 1 atom stereocenters. The number of rotatable bonds is 4. The van der Waals surface area contributed by atoms with Gasteiger partial charge in [0.25, 0.3) is 0 Å². The van der Waals surface area contributed by atoms with Gasteiger partial charge in [-0.2, -0.15) is 0 Å². The highest BCUT2D eigenvalue weighted by Gasteiger charge is 2.59. The number of ketones is 1. The van der Waals surface area contributed by atoms with Gasteiger partial charge < -0.3 is 4.74 Å². The minimum atomic E-state index is -1.77. The van der Waals surface area contributed by atoms with E-state index in [0.717, 1.165) is 16.7 Å². The second kappa shape index (κ2) is 5.59. The van der Waals surface area contributed by atoms with E-state index < -0.39 is 13.7 Å². The summed E-state index contributed by atoms with van der Waals surface area (Å²) in [7, 11) is -0.121. The minimum Gasteiger partial charge on any atom is -0.361 e. The summed E-state index contributed by atoms with van der Waals surface area (Å²) >= 11 is 0. The summed E-state index contributed by atoms with van der Waals surface area (Å²) in [6.07, 6.45) is 0. The molecule has 3 heteroatoms. The van der Waals surface area contributed by atoms with Gasteiger partial charge in [0.1, 0.15) is 0 Å². The van der Waals surface area contributed by atoms with Gasteiger partial charge in [0.2, 0.25) is 5.78 Å². The number of hydrogen-bond acceptors (Lipinski definition) is 2. The molecule has 2 aromatic carbocycles. The lowest BCUT2D eigenvalue weighted by molar-refractivity contribution is -0.134. The normalized spacial score (nSPS) is 21.3. The second-order valence-corrected chi connectivity index (χ2v) is 11.9. The van der Waals surface area contributed by atoms with Crippen molar-refractivity contribution in [1.29, 1.82) is 0 Å². The molecule has 0 amide bonds. The van der Waals surface area contributed by atoms with Gasteiger partial charge >= 0.3 is 0 Å². The van der Waals surface area contributed by atoms with Crippen molar-refractivity contribution in [2.24, 2.45) is 0 Å². The van der Waals surface area contributed by atoms with E-state index in [1.165, 1.54) is 5.20 Å². The maximum Gasteiger partial charge on any atom is 0.203 e. The summed E-state index contributed by atoms with van der Waals surface area (Å²) in [6, 6.07) is 19.8. The predicted molar refractivity (Wildman–Crippen MR) is 96.8 cm³/mol. The van der Waals surface area contributed by atoms with Crippen LogP contribution in [0.15, 0.2) is 65.9 Å². The van der Waals surface area contributed by atoms with Crippen molar-refractivity contribution < 1.29 is 9.53 Å². The minimum absolute atomic E-state index is 0.0785. The van der Waals surface area contributed by atoms with Gasteiger partial charge in [-0.15, -0.1) is 0 Å². The van der Waals surface area contributed by atoms with E-state index in [0.29, 0.717) is 0 Å². The molecule has 1 aliphatic rings. The van der Waals surface area contributed by atoms with Gasteiger partial charge in [-0.25, -0.2) is 0 Å². The summed E-state index contributed by atoms with van der Waals surface area (Å²) in [5.74, 6) is 0.0785. The Hall–Kier alpha value is -1.97. The molecule has 0 radical (unpaired) electrons. The van der Waals surface area contributed by atoms with Crippen molar-refractivity contribution in [1.82, 2.24) is 0 Å². The molecule has 118 valence electrons. The lowest BCUT2D eigenvalue weighted by Gasteiger charge is -2.48. The molecule has 0 heterocycles. The third-order valence-corrected chi connectivity index (χ3v) is 6.55. The quantitative estimate of drug-likeness (QED) is 0.778. The zero-order chi connectivity index (χ0) is 16.7. The first-order chi connectivity index (χ1) is 10.9. The molecule has 1 aliphatic carbocycles. The molecular weight excluding hydrogens is 300 g/mol. The Labute approximate surface area is 138 Å². The molecule has 0 bridgehead atoms. The van der Waals surface area contributed by atoms with Crippen LogP contribution in [0.1, 0.15) is 11.1 Å². The Balaban J connectivity index is 2.28. The molecule has 1 unspecified atom stereocenters. The maximum absolute atomic E-state index is 13.2. The van der Waals surface area contributed by atoms with Gasteiger partial charge in [0.05, 0.1) is 8.07 Å². The summed E-state index contributed by atoms with van der Waals surface area (Å²) in [4.78, 5) is 13.2. The number of hydrogen-bond donors (Lipinski definition) is 0. The first-order valence-electron chi connectivity index (χ1n) is 7.89. The monoisotopic (exact) mass is 322 g/mol. The van der Waals surface area contributed by atoms with Gasteiger partial charge in [0.15, 0.2) is 5.60 Å². The average Bonchev–Trinajstić information content (AvgIpc) is 2.54. The number of carbonyl (C=O) groups is 1. The molecule has 0 spiro atoms. The zero-order valence-electron chi connectivity index (χ0n) is 14.1. The summed E-state index contributed by atoms with van der Waals surface area (Å²) in [5, 5.41) is 1.19. The second-order valence-electron chi connectivity index (χ2n) is 6.95. The van der Waals surface area contributed by atoms with E-state index in [4.69, 9.17) is 4.74 Å². The number of carbonyl (C=O) groups excluding carboxylic acids is 1. The Bertz CT molecular complexity index is 757. The zero-order valence-corrected chi connectivity index (χ0v) is 15.1. The first-order valence-corrected chi connectivity index (χ1v) is 11.4. The molecule has 2 aromatic rings. The Morgan fingerprint density at radius 1 is 0.870 bits per heavy atom. The van der Waals surface area contributed by atoms with Crippen LogP contribution in [0.4, 0.5) is 0 Å². The number of benzene rings is 2. The third-order valence-electron chi connectivity index (χ3n) is 4.45. The van der Waals surface area contributed by atoms with Crippen LogP contribution in [0.25, 0.3) is 5.57 Å². The van der Waals surface area contributed by atoms with E-state index in [1.807, 2.05) is 60.7 Å². The van der Waals surface area contributed by atoms with Crippen LogP contribution in [0.2, 0.25) is 19.6 Å². The van der Waals surface area contributed by atoms with Gasteiger partial charge in [-0.1, -0.05) is 80.3 Å². The van der Waals surface area contributed by atoms with Crippen molar-refractivity contribution in [2.45, 2.75) is 25.2 Å². The van der Waals surface area contributed by atoms with Crippen LogP contribution < -0.4 is 0 Å².